The van der Waals surface area contributed by atoms with Crippen molar-refractivity contribution in [2.24, 2.45) is 0 Å². The predicted molar refractivity (Wildman–Crippen MR) is 63.9 cm³/mol. The number of Topliss-reactive ketones (excluding diaryl/α,β-unsaturated/α-hetero) is 1. The van der Waals surface area contributed by atoms with Gasteiger partial charge in [-0.15, -0.1) is 22.7 Å². The number of carbonyl (C=O) groups is 1. The van der Waals surface area contributed by atoms with Gasteiger partial charge in [0.25, 0.3) is 0 Å². The number of aryl methyl sites for hydroxylation is 3. The zero-order chi connectivity index (χ0) is 10.5. The summed E-state index contributed by atoms with van der Waals surface area (Å²) in [6.07, 6.45) is 0. The second-order valence-corrected chi connectivity index (χ2v) is 5.98. The maximum Gasteiger partial charge on any atom is 0.170 e. The summed E-state index contributed by atoms with van der Waals surface area (Å²) < 4.78 is 1.30. The Kier molecular flexibility index (Phi) is 2.24. The lowest BCUT2D eigenvalue weighted by Crippen LogP contribution is -1.89. The van der Waals surface area contributed by atoms with E-state index in [-0.39, 0.29) is 5.78 Å². The van der Waals surface area contributed by atoms with Gasteiger partial charge in [-0.25, -0.2) is 0 Å². The molecular weight excluding hydrogens is 212 g/mol. The molecule has 3 heteroatoms. The van der Waals surface area contributed by atoms with Gasteiger partial charge >= 0.3 is 0 Å². The van der Waals surface area contributed by atoms with Crippen LogP contribution >= 0.6 is 22.7 Å². The highest BCUT2D eigenvalue weighted by Crippen LogP contribution is 2.40. The van der Waals surface area contributed by atoms with E-state index in [1.807, 2.05) is 11.3 Å². The van der Waals surface area contributed by atoms with Crippen molar-refractivity contribution in [2.75, 3.05) is 0 Å². The molecule has 0 atom stereocenters. The number of hydrogen-bond donors (Lipinski definition) is 0. The Morgan fingerprint density at radius 1 is 1.07 bits per heavy atom. The van der Waals surface area contributed by atoms with Gasteiger partial charge in [0.05, 0.1) is 4.88 Å². The van der Waals surface area contributed by atoms with E-state index in [4.69, 9.17) is 0 Å². The summed E-state index contributed by atoms with van der Waals surface area (Å²) in [5, 5.41) is 1.31. The fourth-order valence-corrected chi connectivity index (χ4v) is 4.33. The van der Waals surface area contributed by atoms with Crippen molar-refractivity contribution in [3.8, 4) is 0 Å². The molecule has 0 unspecified atom stereocenters. The summed E-state index contributed by atoms with van der Waals surface area (Å²) >= 11 is 3.46. The Hall–Kier alpha value is -0.670. The Morgan fingerprint density at radius 3 is 2.21 bits per heavy atom. The number of hydrogen-bond acceptors (Lipinski definition) is 3. The van der Waals surface area contributed by atoms with Crippen LogP contribution in [0.1, 0.15) is 31.9 Å². The average molecular weight is 224 g/mol. The van der Waals surface area contributed by atoms with Gasteiger partial charge in [-0.2, -0.15) is 0 Å². The third-order valence-corrected chi connectivity index (χ3v) is 5.11. The molecule has 2 aromatic heterocycles. The summed E-state index contributed by atoms with van der Waals surface area (Å²) in [5.41, 5.74) is 1.17. The molecule has 0 aliphatic rings. The van der Waals surface area contributed by atoms with E-state index in [2.05, 4.69) is 20.8 Å². The van der Waals surface area contributed by atoms with E-state index in [1.165, 1.54) is 25.4 Å². The van der Waals surface area contributed by atoms with Crippen molar-refractivity contribution >= 4 is 38.5 Å². The van der Waals surface area contributed by atoms with Crippen LogP contribution in [0.2, 0.25) is 0 Å². The zero-order valence-electron chi connectivity index (χ0n) is 8.72. The molecule has 0 radical (unpaired) electrons. The van der Waals surface area contributed by atoms with Crippen molar-refractivity contribution in [1.82, 2.24) is 0 Å². The van der Waals surface area contributed by atoms with E-state index in [0.29, 0.717) is 0 Å². The van der Waals surface area contributed by atoms with Gasteiger partial charge in [0.2, 0.25) is 0 Å². The molecular formula is C11H12OS2. The Labute approximate surface area is 91.4 Å². The summed E-state index contributed by atoms with van der Waals surface area (Å²) in [7, 11) is 0. The molecule has 0 aliphatic heterocycles. The highest BCUT2D eigenvalue weighted by molar-refractivity contribution is 7.25. The third kappa shape index (κ3) is 1.23. The molecule has 2 aromatic rings. The fourth-order valence-electron chi connectivity index (χ4n) is 1.85. The molecule has 0 saturated carbocycles. The topological polar surface area (TPSA) is 17.1 Å². The smallest absolute Gasteiger partial charge is 0.170 e. The highest BCUT2D eigenvalue weighted by atomic mass is 32.1. The number of fused-ring (bicyclic) bond motifs is 1. The molecule has 0 spiro atoms. The van der Waals surface area contributed by atoms with Crippen LogP contribution in [0.15, 0.2) is 0 Å². The van der Waals surface area contributed by atoms with Crippen molar-refractivity contribution < 1.29 is 4.79 Å². The minimum atomic E-state index is 0.188. The van der Waals surface area contributed by atoms with Crippen molar-refractivity contribution in [2.45, 2.75) is 27.7 Å². The van der Waals surface area contributed by atoms with Gasteiger partial charge in [-0.3, -0.25) is 4.79 Å². The monoisotopic (exact) mass is 224 g/mol. The van der Waals surface area contributed by atoms with Gasteiger partial charge in [0, 0.05) is 19.8 Å². The lowest BCUT2D eigenvalue weighted by atomic mass is 10.1. The van der Waals surface area contributed by atoms with Gasteiger partial charge in [-0.05, 0) is 33.3 Å². The fraction of sp³-hybridized carbons (Fsp3) is 0.364. The average Bonchev–Trinajstić information content (AvgIpc) is 2.54. The van der Waals surface area contributed by atoms with Crippen LogP contribution in [0.4, 0.5) is 0 Å². The van der Waals surface area contributed by atoms with Crippen molar-refractivity contribution in [3.05, 3.63) is 20.2 Å². The first-order chi connectivity index (χ1) is 6.52. The van der Waals surface area contributed by atoms with Crippen molar-refractivity contribution in [1.29, 1.82) is 0 Å². The van der Waals surface area contributed by atoms with E-state index < -0.39 is 0 Å². The first-order valence-electron chi connectivity index (χ1n) is 4.52. The summed E-state index contributed by atoms with van der Waals surface area (Å²) in [6, 6.07) is 0. The zero-order valence-corrected chi connectivity index (χ0v) is 10.4. The minimum absolute atomic E-state index is 0.188. The van der Waals surface area contributed by atoms with E-state index >= 15 is 0 Å². The number of thiophene rings is 2. The van der Waals surface area contributed by atoms with Gasteiger partial charge < -0.3 is 0 Å². The largest absolute Gasteiger partial charge is 0.294 e. The van der Waals surface area contributed by atoms with E-state index in [1.54, 1.807) is 18.3 Å². The van der Waals surface area contributed by atoms with Crippen LogP contribution in [0.25, 0.3) is 10.1 Å². The molecule has 0 N–H and O–H groups in total. The first kappa shape index (κ1) is 9.87. The predicted octanol–water partition coefficient (Wildman–Crippen LogP) is 4.09. The molecule has 74 valence electrons. The second-order valence-electron chi connectivity index (χ2n) is 3.53. The highest BCUT2D eigenvalue weighted by Gasteiger charge is 2.16. The van der Waals surface area contributed by atoms with Crippen LogP contribution in [0.5, 0.6) is 0 Å². The molecule has 0 amide bonds. The Balaban J connectivity index is 2.87. The van der Waals surface area contributed by atoms with Gasteiger partial charge in [0.15, 0.2) is 5.78 Å². The summed E-state index contributed by atoms with van der Waals surface area (Å²) in [4.78, 5) is 15.0. The summed E-state index contributed by atoms with van der Waals surface area (Å²) in [6.45, 7) is 7.95. The lowest BCUT2D eigenvalue weighted by molar-refractivity contribution is 0.102. The van der Waals surface area contributed by atoms with Crippen LogP contribution in [-0.4, -0.2) is 5.78 Å². The quantitative estimate of drug-likeness (QED) is 0.667. The molecule has 0 aromatic carbocycles. The van der Waals surface area contributed by atoms with E-state index in [0.717, 1.165) is 4.88 Å². The lowest BCUT2D eigenvalue weighted by Gasteiger charge is -1.92. The normalized spacial score (nSPS) is 11.1. The Bertz CT molecular complexity index is 517. The first-order valence-corrected chi connectivity index (χ1v) is 6.15. The maximum atomic E-state index is 11.4. The molecule has 14 heavy (non-hydrogen) atoms. The number of ketones is 1. The summed E-state index contributed by atoms with van der Waals surface area (Å²) in [5.74, 6) is 0.188. The molecule has 2 heterocycles. The third-order valence-electron chi connectivity index (χ3n) is 2.44. The number of rotatable bonds is 1. The standard InChI is InChI=1S/C11H12OS2/c1-5-9-7(3)13-8(4)11(9)14-10(5)6(2)12/h1-4H3. The molecule has 0 aliphatic carbocycles. The maximum absolute atomic E-state index is 11.4. The van der Waals surface area contributed by atoms with Crippen LogP contribution < -0.4 is 0 Å². The number of carbonyl (C=O) groups excluding carboxylic acids is 1. The molecule has 1 nitrogen and oxygen atoms in total. The van der Waals surface area contributed by atoms with Gasteiger partial charge in [-0.1, -0.05) is 0 Å². The minimum Gasteiger partial charge on any atom is -0.294 e. The van der Waals surface area contributed by atoms with Crippen LogP contribution in [0, 0.1) is 20.8 Å². The SMILES string of the molecule is CC(=O)c1sc2c(C)sc(C)c2c1C. The molecule has 2 rings (SSSR count). The van der Waals surface area contributed by atoms with Crippen LogP contribution in [0.3, 0.4) is 0 Å². The van der Waals surface area contributed by atoms with E-state index in [9.17, 15) is 4.79 Å². The Morgan fingerprint density at radius 2 is 1.71 bits per heavy atom. The molecule has 0 fully saturated rings. The van der Waals surface area contributed by atoms with Gasteiger partial charge in [0.1, 0.15) is 0 Å². The second kappa shape index (κ2) is 3.17. The van der Waals surface area contributed by atoms with Crippen molar-refractivity contribution in [3.63, 3.8) is 0 Å². The van der Waals surface area contributed by atoms with Crippen LogP contribution in [-0.2, 0) is 0 Å². The molecule has 0 saturated heterocycles. The molecule has 0 bridgehead atoms.